The van der Waals surface area contributed by atoms with E-state index < -0.39 is 6.10 Å². The van der Waals surface area contributed by atoms with Crippen molar-refractivity contribution >= 4 is 33.5 Å². The van der Waals surface area contributed by atoms with Gasteiger partial charge in [-0.1, -0.05) is 11.3 Å². The number of thiophene rings is 1. The Hall–Kier alpha value is -2.16. The standard InChI is InChI=1S/C15H13N3O3S2/c1-8-4-5-22-13(8)12(19)14-17-18-15(23-14)16-9-2-3-10-11(6-9)21-7-20-10/h2-6,12,19H,7H2,1H3,(H,16,18). The number of nitrogens with one attached hydrogen (secondary N) is 1. The van der Waals surface area contributed by atoms with E-state index in [1.165, 1.54) is 22.7 Å². The van der Waals surface area contributed by atoms with Gasteiger partial charge in [0.2, 0.25) is 11.9 Å². The molecule has 1 aliphatic rings. The number of anilines is 2. The first kappa shape index (κ1) is 14.4. The van der Waals surface area contributed by atoms with Crippen LogP contribution >= 0.6 is 22.7 Å². The molecule has 8 heteroatoms. The lowest BCUT2D eigenvalue weighted by Gasteiger charge is -2.05. The predicted octanol–water partition coefficient (Wildman–Crippen LogP) is 3.46. The Bertz CT molecular complexity index is 846. The second-order valence-corrected chi connectivity index (χ2v) is 6.97. The maximum Gasteiger partial charge on any atom is 0.231 e. The topological polar surface area (TPSA) is 76.5 Å². The third kappa shape index (κ3) is 2.76. The zero-order chi connectivity index (χ0) is 15.8. The van der Waals surface area contributed by atoms with Crippen molar-refractivity contribution in [3.05, 3.63) is 45.1 Å². The molecule has 1 aliphatic heterocycles. The summed E-state index contributed by atoms with van der Waals surface area (Å²) in [5.41, 5.74) is 1.89. The average molecular weight is 347 g/mol. The minimum atomic E-state index is -0.736. The van der Waals surface area contributed by atoms with Gasteiger partial charge >= 0.3 is 0 Å². The molecule has 3 aromatic rings. The molecule has 1 atom stereocenters. The number of aliphatic hydroxyl groups excluding tert-OH is 1. The number of ether oxygens (including phenoxy) is 2. The summed E-state index contributed by atoms with van der Waals surface area (Å²) in [6.45, 7) is 2.22. The van der Waals surface area contributed by atoms with Gasteiger partial charge in [-0.25, -0.2) is 0 Å². The van der Waals surface area contributed by atoms with Gasteiger partial charge in [0.1, 0.15) is 6.10 Å². The molecule has 23 heavy (non-hydrogen) atoms. The number of hydrogen-bond acceptors (Lipinski definition) is 8. The number of nitrogens with zero attached hydrogens (tertiary/aromatic N) is 2. The lowest BCUT2D eigenvalue weighted by molar-refractivity contribution is 0.174. The van der Waals surface area contributed by atoms with Crippen molar-refractivity contribution in [1.82, 2.24) is 10.2 Å². The van der Waals surface area contributed by atoms with Crippen LogP contribution in [0.3, 0.4) is 0 Å². The van der Waals surface area contributed by atoms with Crippen LogP contribution < -0.4 is 14.8 Å². The molecule has 6 nitrogen and oxygen atoms in total. The highest BCUT2D eigenvalue weighted by Gasteiger charge is 2.19. The molecule has 0 amide bonds. The molecule has 0 aliphatic carbocycles. The number of aromatic nitrogens is 2. The summed E-state index contributed by atoms with van der Waals surface area (Å²) in [4.78, 5) is 0.899. The lowest BCUT2D eigenvalue weighted by atomic mass is 10.2. The fourth-order valence-electron chi connectivity index (χ4n) is 2.27. The normalized spacial score (nSPS) is 14.0. The molecule has 0 fully saturated rings. The van der Waals surface area contributed by atoms with Gasteiger partial charge in [0.15, 0.2) is 16.5 Å². The van der Waals surface area contributed by atoms with Crippen molar-refractivity contribution in [2.75, 3.05) is 12.1 Å². The molecule has 0 bridgehead atoms. The third-order valence-corrected chi connectivity index (χ3v) is 5.41. The van der Waals surface area contributed by atoms with E-state index in [4.69, 9.17) is 9.47 Å². The largest absolute Gasteiger partial charge is 0.454 e. The van der Waals surface area contributed by atoms with Crippen LogP contribution in [0.4, 0.5) is 10.8 Å². The van der Waals surface area contributed by atoms with Crippen molar-refractivity contribution in [2.24, 2.45) is 0 Å². The van der Waals surface area contributed by atoms with Crippen LogP contribution in [0.2, 0.25) is 0 Å². The van der Waals surface area contributed by atoms with Gasteiger partial charge in [-0.15, -0.1) is 21.5 Å². The third-order valence-electron chi connectivity index (χ3n) is 3.45. The van der Waals surface area contributed by atoms with Gasteiger partial charge in [0.25, 0.3) is 0 Å². The molecular formula is C15H13N3O3S2. The summed E-state index contributed by atoms with van der Waals surface area (Å²) < 4.78 is 10.6. The number of aryl methyl sites for hydroxylation is 1. The van der Waals surface area contributed by atoms with Gasteiger partial charge in [0, 0.05) is 16.6 Å². The molecule has 1 aromatic carbocycles. The number of fused-ring (bicyclic) bond motifs is 1. The van der Waals surface area contributed by atoms with Crippen LogP contribution in [-0.2, 0) is 0 Å². The number of aliphatic hydroxyl groups is 1. The highest BCUT2D eigenvalue weighted by molar-refractivity contribution is 7.15. The van der Waals surface area contributed by atoms with E-state index in [-0.39, 0.29) is 6.79 Å². The van der Waals surface area contributed by atoms with Crippen LogP contribution in [0, 0.1) is 6.92 Å². The molecular weight excluding hydrogens is 334 g/mol. The van der Waals surface area contributed by atoms with E-state index in [0.717, 1.165) is 21.9 Å². The minimum Gasteiger partial charge on any atom is -0.454 e. The molecule has 0 radical (unpaired) electrons. The SMILES string of the molecule is Cc1ccsc1C(O)c1nnc(Nc2ccc3c(c2)OCO3)s1. The second-order valence-electron chi connectivity index (χ2n) is 5.01. The zero-order valence-corrected chi connectivity index (χ0v) is 13.8. The van der Waals surface area contributed by atoms with Crippen molar-refractivity contribution in [3.63, 3.8) is 0 Å². The molecule has 2 N–H and O–H groups in total. The zero-order valence-electron chi connectivity index (χ0n) is 12.1. The Morgan fingerprint density at radius 3 is 2.91 bits per heavy atom. The van der Waals surface area contributed by atoms with Gasteiger partial charge in [-0.05, 0) is 36.1 Å². The molecule has 0 saturated carbocycles. The summed E-state index contributed by atoms with van der Waals surface area (Å²) in [5.74, 6) is 1.44. The minimum absolute atomic E-state index is 0.244. The summed E-state index contributed by atoms with van der Waals surface area (Å²) in [5, 5.41) is 24.9. The van der Waals surface area contributed by atoms with Crippen LogP contribution in [0.15, 0.2) is 29.6 Å². The van der Waals surface area contributed by atoms with Gasteiger partial charge < -0.3 is 19.9 Å². The fraction of sp³-hybridized carbons (Fsp3) is 0.200. The summed E-state index contributed by atoms with van der Waals surface area (Å²) in [6, 6.07) is 7.56. The molecule has 0 saturated heterocycles. The van der Waals surface area contributed by atoms with Gasteiger partial charge in [-0.2, -0.15) is 0 Å². The number of rotatable bonds is 4. The second kappa shape index (κ2) is 5.80. The predicted molar refractivity (Wildman–Crippen MR) is 88.9 cm³/mol. The molecule has 2 aromatic heterocycles. The first-order valence-corrected chi connectivity index (χ1v) is 8.62. The fourth-order valence-corrected chi connectivity index (χ4v) is 4.02. The van der Waals surface area contributed by atoms with Crippen molar-refractivity contribution in [2.45, 2.75) is 13.0 Å². The Morgan fingerprint density at radius 2 is 2.09 bits per heavy atom. The van der Waals surface area contributed by atoms with E-state index in [1.807, 2.05) is 36.6 Å². The van der Waals surface area contributed by atoms with E-state index >= 15 is 0 Å². The maximum absolute atomic E-state index is 10.4. The summed E-state index contributed by atoms with van der Waals surface area (Å²) in [6.07, 6.45) is -0.736. The summed E-state index contributed by atoms with van der Waals surface area (Å²) >= 11 is 2.84. The van der Waals surface area contributed by atoms with Crippen molar-refractivity contribution in [1.29, 1.82) is 0 Å². The molecule has 3 heterocycles. The highest BCUT2D eigenvalue weighted by Crippen LogP contribution is 2.36. The summed E-state index contributed by atoms with van der Waals surface area (Å²) in [7, 11) is 0. The monoisotopic (exact) mass is 347 g/mol. The first-order chi connectivity index (χ1) is 11.2. The van der Waals surface area contributed by atoms with Gasteiger partial charge in [0.05, 0.1) is 0 Å². The van der Waals surface area contributed by atoms with E-state index in [2.05, 4.69) is 15.5 Å². The molecule has 1 unspecified atom stereocenters. The Kier molecular flexibility index (Phi) is 3.64. The van der Waals surface area contributed by atoms with Gasteiger partial charge in [-0.3, -0.25) is 0 Å². The van der Waals surface area contributed by atoms with Crippen molar-refractivity contribution in [3.8, 4) is 11.5 Å². The number of hydrogen-bond donors (Lipinski definition) is 2. The smallest absolute Gasteiger partial charge is 0.231 e. The van der Waals surface area contributed by atoms with Crippen molar-refractivity contribution < 1.29 is 14.6 Å². The Balaban J connectivity index is 1.53. The highest BCUT2D eigenvalue weighted by atomic mass is 32.1. The number of benzene rings is 1. The van der Waals surface area contributed by atoms with E-state index in [0.29, 0.717) is 15.9 Å². The molecule has 0 spiro atoms. The van der Waals surface area contributed by atoms with Crippen LogP contribution in [0.5, 0.6) is 11.5 Å². The van der Waals surface area contributed by atoms with Crippen LogP contribution in [-0.4, -0.2) is 22.1 Å². The van der Waals surface area contributed by atoms with Crippen LogP contribution in [0.1, 0.15) is 21.6 Å². The lowest BCUT2D eigenvalue weighted by Crippen LogP contribution is -1.97. The molecule has 118 valence electrons. The quantitative estimate of drug-likeness (QED) is 0.753. The molecule has 4 rings (SSSR count). The van der Waals surface area contributed by atoms with E-state index in [9.17, 15) is 5.11 Å². The van der Waals surface area contributed by atoms with Crippen LogP contribution in [0.25, 0.3) is 0 Å². The average Bonchev–Trinajstić information content (AvgIpc) is 3.26. The first-order valence-electron chi connectivity index (χ1n) is 6.93. The Morgan fingerprint density at radius 1 is 1.22 bits per heavy atom. The van der Waals surface area contributed by atoms with E-state index in [1.54, 1.807) is 0 Å². The Labute approximate surface area is 140 Å². The maximum atomic E-state index is 10.4.